The van der Waals surface area contributed by atoms with E-state index in [4.69, 9.17) is 15.3 Å². The van der Waals surface area contributed by atoms with Gasteiger partial charge in [0.1, 0.15) is 18.3 Å². The van der Waals surface area contributed by atoms with Gasteiger partial charge >= 0.3 is 5.69 Å². The summed E-state index contributed by atoms with van der Waals surface area (Å²) in [5.41, 5.74) is -0.477. The van der Waals surface area contributed by atoms with Gasteiger partial charge in [0.05, 0.1) is 18.4 Å². The van der Waals surface area contributed by atoms with E-state index in [2.05, 4.69) is 21.2 Å². The van der Waals surface area contributed by atoms with Gasteiger partial charge in [0, 0.05) is 6.20 Å². The number of ether oxygens (including phenoxy) is 1. The highest BCUT2D eigenvalue weighted by atomic mass is 32.2. The number of nitrogens with zero attached hydrogens (tertiary/aromatic N) is 1. The maximum absolute atomic E-state index is 11.3. The molecule has 2 rings (SSSR count). The minimum Gasteiger partial charge on any atom is -0.394 e. The summed E-state index contributed by atoms with van der Waals surface area (Å²) in [6.45, 7) is -0.583. The summed E-state index contributed by atoms with van der Waals surface area (Å²) in [6, 6.07) is 0. The first-order valence-electron chi connectivity index (χ1n) is 6.40. The van der Waals surface area contributed by atoms with Crippen LogP contribution in [0, 0.1) is 12.3 Å². The first-order valence-corrected chi connectivity index (χ1v) is 8.22. The van der Waals surface area contributed by atoms with Crippen LogP contribution in [0.3, 0.4) is 0 Å². The van der Waals surface area contributed by atoms with E-state index in [1.165, 1.54) is 6.20 Å². The molecular weight excluding hydrogens is 330 g/mol. The number of terminal acetylenes is 1. The van der Waals surface area contributed by atoms with E-state index in [9.17, 15) is 23.4 Å². The molecule has 0 bridgehead atoms. The molecule has 0 amide bonds. The predicted octanol–water partition coefficient (Wildman–Crippen LogP) is -2.41. The van der Waals surface area contributed by atoms with Crippen LogP contribution >= 0.6 is 0 Å². The van der Waals surface area contributed by atoms with Crippen molar-refractivity contribution in [1.29, 1.82) is 0 Å². The molecule has 0 saturated carbocycles. The Morgan fingerprint density at radius 1 is 1.61 bits per heavy atom. The van der Waals surface area contributed by atoms with Gasteiger partial charge < -0.3 is 25.3 Å². The quantitative estimate of drug-likeness (QED) is 0.338. The summed E-state index contributed by atoms with van der Waals surface area (Å²) in [5, 5.41) is 22.0. The van der Waals surface area contributed by atoms with E-state index in [1.54, 1.807) is 0 Å². The molecular formula is C12H15N3O7S. The van der Waals surface area contributed by atoms with Gasteiger partial charge in [0.2, 0.25) is 0 Å². The summed E-state index contributed by atoms with van der Waals surface area (Å²) >= 11 is 0. The molecule has 0 spiro atoms. The van der Waals surface area contributed by atoms with Crippen molar-refractivity contribution in [3.8, 4) is 12.3 Å². The Morgan fingerprint density at radius 2 is 2.30 bits per heavy atom. The van der Waals surface area contributed by atoms with Crippen molar-refractivity contribution in [3.05, 3.63) is 22.2 Å². The second-order valence-electron chi connectivity index (χ2n) is 4.79. The van der Waals surface area contributed by atoms with Crippen molar-refractivity contribution in [2.45, 2.75) is 24.5 Å². The molecule has 0 unspecified atom stereocenters. The monoisotopic (exact) mass is 345 g/mol. The van der Waals surface area contributed by atoms with Gasteiger partial charge in [-0.05, 0) is 0 Å². The molecule has 0 aromatic carbocycles. The van der Waals surface area contributed by atoms with Gasteiger partial charge in [-0.25, -0.2) is 4.79 Å². The Morgan fingerprint density at radius 3 is 2.87 bits per heavy atom. The Balaban J connectivity index is 2.23. The van der Waals surface area contributed by atoms with Crippen molar-refractivity contribution in [1.82, 2.24) is 9.97 Å². The fourth-order valence-electron chi connectivity index (χ4n) is 2.08. The van der Waals surface area contributed by atoms with E-state index in [0.29, 0.717) is 0 Å². The van der Waals surface area contributed by atoms with Crippen LogP contribution in [-0.2, 0) is 19.0 Å². The summed E-state index contributed by atoms with van der Waals surface area (Å²) in [6.07, 6.45) is 2.29. The van der Waals surface area contributed by atoms with Crippen LogP contribution < -0.4 is 11.0 Å². The molecule has 10 nitrogen and oxygen atoms in total. The first kappa shape index (κ1) is 17.4. The van der Waals surface area contributed by atoms with Crippen LogP contribution in [0.1, 0.15) is 5.56 Å². The highest BCUT2D eigenvalue weighted by Gasteiger charge is 2.46. The Hall–Kier alpha value is -1.97. The molecule has 126 valence electrons. The lowest BCUT2D eigenvalue weighted by Gasteiger charge is -2.19. The standard InChI is InChI=1S/C12H15N3O7S/c1-3-6-4-13-12(18)15-10(6)14-11-8(17)9(7(5-16)21-11)22-23(2,19)20/h1,4,7-9,11,16-17H,5H2,2H3,(H2,13,14,15,18)/t7-,8-,9+,11-/m1/s1. The minimum absolute atomic E-state index is 0.0306. The number of H-pyrrole nitrogens is 1. The normalized spacial score (nSPS) is 27.6. The van der Waals surface area contributed by atoms with Crippen molar-refractivity contribution in [3.63, 3.8) is 0 Å². The van der Waals surface area contributed by atoms with E-state index in [0.717, 1.165) is 6.26 Å². The fourth-order valence-corrected chi connectivity index (χ4v) is 2.72. The third kappa shape index (κ3) is 4.06. The van der Waals surface area contributed by atoms with Crippen molar-refractivity contribution >= 4 is 15.9 Å². The predicted molar refractivity (Wildman–Crippen MR) is 77.9 cm³/mol. The first-order chi connectivity index (χ1) is 10.7. The van der Waals surface area contributed by atoms with Gasteiger partial charge in [-0.3, -0.25) is 4.18 Å². The van der Waals surface area contributed by atoms with Gasteiger partial charge in [0.25, 0.3) is 10.1 Å². The SMILES string of the molecule is C#Cc1c[nH]c(=O)nc1N[C@@H]1O[C@H](CO)[C@H](OS(C)(=O)=O)[C@H]1O. The average Bonchev–Trinajstić information content (AvgIpc) is 2.74. The van der Waals surface area contributed by atoms with E-state index < -0.39 is 47.0 Å². The van der Waals surface area contributed by atoms with Crippen LogP contribution in [0.15, 0.2) is 11.0 Å². The molecule has 1 aromatic heterocycles. The van der Waals surface area contributed by atoms with Crippen LogP contribution in [0.2, 0.25) is 0 Å². The Kier molecular flexibility index (Phi) is 5.03. The summed E-state index contributed by atoms with van der Waals surface area (Å²) in [4.78, 5) is 17.2. The molecule has 2 heterocycles. The molecule has 0 radical (unpaired) electrons. The number of aromatic amines is 1. The van der Waals surface area contributed by atoms with Gasteiger partial charge in [-0.15, -0.1) is 6.42 Å². The third-order valence-corrected chi connectivity index (χ3v) is 3.62. The van der Waals surface area contributed by atoms with Crippen molar-refractivity contribution < 1.29 is 27.6 Å². The lowest BCUT2D eigenvalue weighted by molar-refractivity contribution is -0.00722. The van der Waals surface area contributed by atoms with E-state index in [1.807, 2.05) is 0 Å². The van der Waals surface area contributed by atoms with Crippen LogP contribution in [-0.4, -0.2) is 66.0 Å². The highest BCUT2D eigenvalue weighted by molar-refractivity contribution is 7.86. The number of hydrogen-bond donors (Lipinski definition) is 4. The third-order valence-electron chi connectivity index (χ3n) is 3.04. The maximum atomic E-state index is 11.3. The highest BCUT2D eigenvalue weighted by Crippen LogP contribution is 2.26. The zero-order valence-corrected chi connectivity index (χ0v) is 12.8. The topological polar surface area (TPSA) is 151 Å². The number of aliphatic hydroxyl groups is 2. The molecule has 11 heteroatoms. The van der Waals surface area contributed by atoms with Gasteiger partial charge in [-0.1, -0.05) is 5.92 Å². The molecule has 1 aliphatic rings. The second-order valence-corrected chi connectivity index (χ2v) is 6.39. The second kappa shape index (κ2) is 6.65. The summed E-state index contributed by atoms with van der Waals surface area (Å²) < 4.78 is 32.5. The lowest BCUT2D eigenvalue weighted by Crippen LogP contribution is -2.40. The molecule has 1 fully saturated rings. The van der Waals surface area contributed by atoms with Crippen LogP contribution in [0.25, 0.3) is 0 Å². The number of rotatable bonds is 5. The molecule has 4 N–H and O–H groups in total. The fraction of sp³-hybridized carbons (Fsp3) is 0.500. The molecule has 23 heavy (non-hydrogen) atoms. The number of aliphatic hydroxyl groups excluding tert-OH is 2. The van der Waals surface area contributed by atoms with E-state index >= 15 is 0 Å². The zero-order valence-electron chi connectivity index (χ0n) is 12.0. The van der Waals surface area contributed by atoms with Crippen molar-refractivity contribution in [2.75, 3.05) is 18.2 Å². The molecule has 1 saturated heterocycles. The van der Waals surface area contributed by atoms with Gasteiger partial charge in [-0.2, -0.15) is 13.4 Å². The maximum Gasteiger partial charge on any atom is 0.346 e. The number of hydrogen-bond acceptors (Lipinski definition) is 9. The minimum atomic E-state index is -3.88. The average molecular weight is 345 g/mol. The zero-order chi connectivity index (χ0) is 17.2. The van der Waals surface area contributed by atoms with Crippen LogP contribution in [0.5, 0.6) is 0 Å². The largest absolute Gasteiger partial charge is 0.394 e. The molecule has 0 aliphatic carbocycles. The Labute approximate surface area is 131 Å². The van der Waals surface area contributed by atoms with Crippen LogP contribution in [0.4, 0.5) is 5.82 Å². The smallest absolute Gasteiger partial charge is 0.346 e. The summed E-state index contributed by atoms with van der Waals surface area (Å²) in [7, 11) is -3.88. The molecule has 1 aliphatic heterocycles. The number of anilines is 1. The number of aromatic nitrogens is 2. The van der Waals surface area contributed by atoms with Gasteiger partial charge in [0.15, 0.2) is 12.0 Å². The lowest BCUT2D eigenvalue weighted by atomic mass is 10.1. The van der Waals surface area contributed by atoms with Crippen molar-refractivity contribution in [2.24, 2.45) is 0 Å². The molecule has 4 atom stereocenters. The molecule has 1 aromatic rings. The Bertz CT molecular complexity index is 770. The number of nitrogens with one attached hydrogen (secondary N) is 2. The van der Waals surface area contributed by atoms with E-state index in [-0.39, 0.29) is 11.4 Å². The summed E-state index contributed by atoms with van der Waals surface area (Å²) in [5.74, 6) is 2.25.